The van der Waals surface area contributed by atoms with Crippen molar-refractivity contribution in [3.63, 3.8) is 0 Å². The standard InChI is InChI=1S/C10H21F2N3O2S/c1-9-2-5-14(6-3-9)18(16,17)15(7-4-13)8-10(11)12/h9-10H,2-8,13H2,1H3. The summed E-state index contributed by atoms with van der Waals surface area (Å²) in [5.41, 5.74) is 5.28. The predicted octanol–water partition coefficient (Wildman–Crippen LogP) is 0.489. The Hall–Kier alpha value is -0.310. The molecule has 1 aliphatic rings. The molecule has 0 saturated carbocycles. The lowest BCUT2D eigenvalue weighted by Gasteiger charge is -2.33. The quantitative estimate of drug-likeness (QED) is 0.772. The molecule has 108 valence electrons. The smallest absolute Gasteiger partial charge is 0.282 e. The van der Waals surface area contributed by atoms with Gasteiger partial charge in [-0.25, -0.2) is 8.78 Å². The van der Waals surface area contributed by atoms with Gasteiger partial charge in [0.15, 0.2) is 0 Å². The van der Waals surface area contributed by atoms with E-state index in [0.29, 0.717) is 19.0 Å². The molecule has 1 saturated heterocycles. The number of hydrogen-bond donors (Lipinski definition) is 1. The Morgan fingerprint density at radius 3 is 2.39 bits per heavy atom. The van der Waals surface area contributed by atoms with E-state index in [2.05, 4.69) is 6.92 Å². The van der Waals surface area contributed by atoms with Gasteiger partial charge in [-0.05, 0) is 18.8 Å². The van der Waals surface area contributed by atoms with E-state index in [9.17, 15) is 17.2 Å². The molecule has 0 radical (unpaired) electrons. The van der Waals surface area contributed by atoms with E-state index in [4.69, 9.17) is 5.73 Å². The van der Waals surface area contributed by atoms with Crippen LogP contribution in [0, 0.1) is 5.92 Å². The van der Waals surface area contributed by atoms with E-state index < -0.39 is 23.2 Å². The van der Waals surface area contributed by atoms with E-state index in [-0.39, 0.29) is 13.1 Å². The van der Waals surface area contributed by atoms with Crippen LogP contribution in [0.15, 0.2) is 0 Å². The van der Waals surface area contributed by atoms with Gasteiger partial charge < -0.3 is 5.73 Å². The highest BCUT2D eigenvalue weighted by atomic mass is 32.2. The molecule has 0 unspecified atom stereocenters. The molecule has 0 aromatic heterocycles. The van der Waals surface area contributed by atoms with Gasteiger partial charge in [0, 0.05) is 26.2 Å². The molecule has 1 rings (SSSR count). The molecule has 1 heterocycles. The molecule has 18 heavy (non-hydrogen) atoms. The van der Waals surface area contributed by atoms with Gasteiger partial charge in [-0.3, -0.25) is 0 Å². The third-order valence-corrected chi connectivity index (χ3v) is 5.12. The van der Waals surface area contributed by atoms with Crippen molar-refractivity contribution in [2.75, 3.05) is 32.7 Å². The maximum atomic E-state index is 12.4. The van der Waals surface area contributed by atoms with Crippen molar-refractivity contribution in [2.45, 2.75) is 26.2 Å². The number of nitrogens with zero attached hydrogens (tertiary/aromatic N) is 2. The van der Waals surface area contributed by atoms with E-state index >= 15 is 0 Å². The zero-order valence-corrected chi connectivity index (χ0v) is 11.4. The summed E-state index contributed by atoms with van der Waals surface area (Å²) < 4.78 is 51.2. The van der Waals surface area contributed by atoms with Crippen molar-refractivity contribution in [3.8, 4) is 0 Å². The Kier molecular flexibility index (Phi) is 5.90. The number of piperidine rings is 1. The van der Waals surface area contributed by atoms with Gasteiger partial charge in [-0.15, -0.1) is 0 Å². The van der Waals surface area contributed by atoms with Crippen molar-refractivity contribution in [1.29, 1.82) is 0 Å². The van der Waals surface area contributed by atoms with Gasteiger partial charge >= 0.3 is 0 Å². The molecular formula is C10H21F2N3O2S. The fraction of sp³-hybridized carbons (Fsp3) is 1.00. The second kappa shape index (κ2) is 6.74. The van der Waals surface area contributed by atoms with E-state index in [1.165, 1.54) is 4.31 Å². The van der Waals surface area contributed by atoms with Crippen LogP contribution in [-0.2, 0) is 10.2 Å². The van der Waals surface area contributed by atoms with E-state index in [1.807, 2.05) is 0 Å². The molecule has 1 aliphatic heterocycles. The number of rotatable bonds is 6. The minimum absolute atomic E-state index is 0.0379. The van der Waals surface area contributed by atoms with Gasteiger partial charge in [0.1, 0.15) is 0 Å². The van der Waals surface area contributed by atoms with Crippen LogP contribution >= 0.6 is 0 Å². The van der Waals surface area contributed by atoms with Crippen molar-refractivity contribution in [2.24, 2.45) is 11.7 Å². The minimum Gasteiger partial charge on any atom is -0.329 e. The fourth-order valence-corrected chi connectivity index (χ4v) is 3.61. The summed E-state index contributed by atoms with van der Waals surface area (Å²) >= 11 is 0. The Morgan fingerprint density at radius 2 is 1.94 bits per heavy atom. The van der Waals surface area contributed by atoms with E-state index in [1.54, 1.807) is 0 Å². The highest BCUT2D eigenvalue weighted by Crippen LogP contribution is 2.21. The average Bonchev–Trinajstić information content (AvgIpc) is 2.28. The molecule has 5 nitrogen and oxygen atoms in total. The van der Waals surface area contributed by atoms with Crippen LogP contribution in [0.25, 0.3) is 0 Å². The Labute approximate surface area is 107 Å². The van der Waals surface area contributed by atoms with Crippen molar-refractivity contribution in [1.82, 2.24) is 8.61 Å². The van der Waals surface area contributed by atoms with Crippen LogP contribution in [0.5, 0.6) is 0 Å². The third kappa shape index (κ3) is 4.11. The molecule has 0 amide bonds. The fourth-order valence-electron chi connectivity index (χ4n) is 1.98. The first-order valence-electron chi connectivity index (χ1n) is 6.11. The minimum atomic E-state index is -3.80. The maximum Gasteiger partial charge on any atom is 0.282 e. The molecule has 1 fully saturated rings. The first-order chi connectivity index (χ1) is 8.37. The highest BCUT2D eigenvalue weighted by Gasteiger charge is 2.33. The molecule has 0 aromatic rings. The lowest BCUT2D eigenvalue weighted by Crippen LogP contribution is -2.49. The lowest BCUT2D eigenvalue weighted by atomic mass is 10.0. The van der Waals surface area contributed by atoms with Crippen LogP contribution in [0.1, 0.15) is 19.8 Å². The second-order valence-corrected chi connectivity index (χ2v) is 6.56. The Bertz CT molecular complexity index is 343. The van der Waals surface area contributed by atoms with Crippen LogP contribution in [0.2, 0.25) is 0 Å². The molecule has 0 spiro atoms. The topological polar surface area (TPSA) is 66.6 Å². The first kappa shape index (κ1) is 15.7. The van der Waals surface area contributed by atoms with Gasteiger partial charge in [0.25, 0.3) is 16.6 Å². The summed E-state index contributed by atoms with van der Waals surface area (Å²) in [5.74, 6) is 0.481. The van der Waals surface area contributed by atoms with Crippen LogP contribution in [0.4, 0.5) is 8.78 Å². The number of nitrogens with two attached hydrogens (primary N) is 1. The molecule has 0 aromatic carbocycles. The average molecular weight is 285 g/mol. The molecule has 8 heteroatoms. The second-order valence-electron chi connectivity index (χ2n) is 4.63. The van der Waals surface area contributed by atoms with Gasteiger partial charge in [0.2, 0.25) is 0 Å². The first-order valence-corrected chi connectivity index (χ1v) is 7.51. The third-order valence-electron chi connectivity index (χ3n) is 3.12. The SMILES string of the molecule is CC1CCN(S(=O)(=O)N(CCN)CC(F)F)CC1. The number of hydrogen-bond acceptors (Lipinski definition) is 3. The Balaban J connectivity index is 2.74. The predicted molar refractivity (Wildman–Crippen MR) is 65.5 cm³/mol. The largest absolute Gasteiger partial charge is 0.329 e. The molecular weight excluding hydrogens is 264 g/mol. The van der Waals surface area contributed by atoms with Crippen LogP contribution in [-0.4, -0.2) is 56.2 Å². The molecule has 0 atom stereocenters. The maximum absolute atomic E-state index is 12.4. The van der Waals surface area contributed by atoms with Crippen molar-refractivity contribution in [3.05, 3.63) is 0 Å². The van der Waals surface area contributed by atoms with Gasteiger partial charge in [-0.1, -0.05) is 6.92 Å². The van der Waals surface area contributed by atoms with Gasteiger partial charge in [-0.2, -0.15) is 17.0 Å². The normalized spacial score (nSPS) is 19.9. The molecule has 2 N–H and O–H groups in total. The summed E-state index contributed by atoms with van der Waals surface area (Å²) in [6, 6.07) is 0. The summed E-state index contributed by atoms with van der Waals surface area (Å²) in [5, 5.41) is 0. The zero-order valence-electron chi connectivity index (χ0n) is 10.6. The summed E-state index contributed by atoms with van der Waals surface area (Å²) in [6.45, 7) is 2.03. The number of alkyl halides is 2. The molecule has 0 aliphatic carbocycles. The van der Waals surface area contributed by atoms with Gasteiger partial charge in [0.05, 0.1) is 6.54 Å². The van der Waals surface area contributed by atoms with E-state index in [0.717, 1.165) is 17.1 Å². The summed E-state index contributed by atoms with van der Waals surface area (Å²) in [6.07, 6.45) is -1.15. The number of halogens is 2. The Morgan fingerprint density at radius 1 is 1.39 bits per heavy atom. The van der Waals surface area contributed by atoms with Crippen molar-refractivity contribution >= 4 is 10.2 Å². The highest BCUT2D eigenvalue weighted by molar-refractivity contribution is 7.86. The van der Waals surface area contributed by atoms with Crippen molar-refractivity contribution < 1.29 is 17.2 Å². The zero-order chi connectivity index (χ0) is 13.8. The summed E-state index contributed by atoms with van der Waals surface area (Å²) in [7, 11) is -3.80. The monoisotopic (exact) mass is 285 g/mol. The lowest BCUT2D eigenvalue weighted by molar-refractivity contribution is 0.116. The molecule has 0 bridgehead atoms. The van der Waals surface area contributed by atoms with Crippen LogP contribution < -0.4 is 5.73 Å². The van der Waals surface area contributed by atoms with Crippen LogP contribution in [0.3, 0.4) is 0 Å². The summed E-state index contributed by atoms with van der Waals surface area (Å²) in [4.78, 5) is 0.